The Morgan fingerprint density at radius 1 is 0.633 bits per heavy atom. The van der Waals surface area contributed by atoms with Crippen molar-refractivity contribution in [3.8, 4) is 0 Å². The zero-order valence-corrected chi connectivity index (χ0v) is 32.2. The fraction of sp³-hybridized carbons (Fsp3) is 0.895. The minimum absolute atomic E-state index is 0.0619. The van der Waals surface area contributed by atoms with Gasteiger partial charge in [0.15, 0.2) is 6.10 Å². The number of esters is 1. The Kier molecular flexibility index (Phi) is 33.9. The fourth-order valence-electron chi connectivity index (χ4n) is 5.51. The van der Waals surface area contributed by atoms with Crippen LogP contribution in [0.5, 0.6) is 0 Å². The molecule has 0 aliphatic heterocycles. The van der Waals surface area contributed by atoms with Gasteiger partial charge in [-0.15, -0.1) is 0 Å². The summed E-state index contributed by atoms with van der Waals surface area (Å²) in [7, 11) is -4.62. The van der Waals surface area contributed by atoms with E-state index in [1.165, 1.54) is 128 Å². The number of rotatable bonds is 38. The molecule has 0 aromatic carbocycles. The third-order valence-corrected chi connectivity index (χ3v) is 9.59. The second-order valence-electron chi connectivity index (χ2n) is 13.5. The smallest absolute Gasteiger partial charge is 0.472 e. The van der Waals surface area contributed by atoms with Crippen LogP contribution >= 0.6 is 7.82 Å². The van der Waals surface area contributed by atoms with Crippen molar-refractivity contribution in [3.05, 3.63) is 12.3 Å². The monoisotopic (exact) mass is 720 g/mol. The molecule has 1 unspecified atom stereocenters. The van der Waals surface area contributed by atoms with Gasteiger partial charge in [0.1, 0.15) is 12.6 Å². The molecule has 49 heavy (non-hydrogen) atoms. The number of carbonyl (C=O) groups excluding carboxylic acids is 1. The van der Waals surface area contributed by atoms with Gasteiger partial charge in [0.05, 0.1) is 19.5 Å². The zero-order chi connectivity index (χ0) is 36.3. The van der Waals surface area contributed by atoms with E-state index < -0.39 is 45.1 Å². The second kappa shape index (κ2) is 35.0. The number of carbonyl (C=O) groups is 2. The minimum atomic E-state index is -4.62. The van der Waals surface area contributed by atoms with Gasteiger partial charge in [0.25, 0.3) is 0 Å². The van der Waals surface area contributed by atoms with Crippen LogP contribution in [0.2, 0.25) is 0 Å². The lowest BCUT2D eigenvalue weighted by atomic mass is 10.0. The molecule has 0 heterocycles. The highest BCUT2D eigenvalue weighted by molar-refractivity contribution is 7.47. The van der Waals surface area contributed by atoms with Crippen LogP contribution in [0.1, 0.15) is 187 Å². The highest BCUT2D eigenvalue weighted by Gasteiger charge is 2.27. The maximum absolute atomic E-state index is 12.5. The van der Waals surface area contributed by atoms with Gasteiger partial charge in [-0.05, 0) is 25.3 Å². The number of unbranched alkanes of at least 4 members (excludes halogenated alkanes) is 24. The largest absolute Gasteiger partial charge is 0.498 e. The molecule has 0 aromatic rings. The summed E-state index contributed by atoms with van der Waals surface area (Å²) in [6.07, 6.45) is 35.1. The number of carboxylic acid groups (broad SMARTS) is 1. The topological polar surface area (TPSA) is 155 Å². The Labute approximate surface area is 299 Å². The van der Waals surface area contributed by atoms with Crippen molar-refractivity contribution >= 4 is 19.8 Å². The molecule has 0 rings (SSSR count). The van der Waals surface area contributed by atoms with Gasteiger partial charge in [-0.3, -0.25) is 18.6 Å². The van der Waals surface area contributed by atoms with Crippen LogP contribution < -0.4 is 5.73 Å². The molecule has 0 bridgehead atoms. The number of nitrogens with two attached hydrogens (primary N) is 1. The van der Waals surface area contributed by atoms with E-state index in [-0.39, 0.29) is 13.0 Å². The quantitative estimate of drug-likeness (QED) is 0.0243. The average molecular weight is 720 g/mol. The normalized spacial score (nSPS) is 14.1. The molecular weight excluding hydrogens is 645 g/mol. The van der Waals surface area contributed by atoms with E-state index in [4.69, 9.17) is 24.8 Å². The summed E-state index contributed by atoms with van der Waals surface area (Å²) in [5.41, 5.74) is 5.33. The van der Waals surface area contributed by atoms with Crippen molar-refractivity contribution in [3.63, 3.8) is 0 Å². The van der Waals surface area contributed by atoms with Gasteiger partial charge in [-0.2, -0.15) is 0 Å². The van der Waals surface area contributed by atoms with Crippen molar-refractivity contribution in [1.82, 2.24) is 0 Å². The lowest BCUT2D eigenvalue weighted by Crippen LogP contribution is -2.34. The first-order valence-corrected chi connectivity index (χ1v) is 21.3. The van der Waals surface area contributed by atoms with Crippen molar-refractivity contribution in [2.45, 2.75) is 199 Å². The van der Waals surface area contributed by atoms with Crippen LogP contribution in [-0.2, 0) is 32.7 Å². The Bertz CT molecular complexity index is 842. The van der Waals surface area contributed by atoms with E-state index in [1.807, 2.05) is 6.08 Å². The second-order valence-corrected chi connectivity index (χ2v) is 14.9. The van der Waals surface area contributed by atoms with Gasteiger partial charge in [0.2, 0.25) is 0 Å². The Hall–Kier alpha value is -1.45. The van der Waals surface area contributed by atoms with Crippen molar-refractivity contribution in [2.24, 2.45) is 5.73 Å². The predicted molar refractivity (Wildman–Crippen MR) is 198 cm³/mol. The lowest BCUT2D eigenvalue weighted by Gasteiger charge is -2.20. The summed E-state index contributed by atoms with van der Waals surface area (Å²) in [4.78, 5) is 33.3. The van der Waals surface area contributed by atoms with Gasteiger partial charge >= 0.3 is 19.8 Å². The molecule has 11 heteroatoms. The SMILES string of the molecule is CCCCCCCCCCCCCCCCCC/C=C\OC[C@H](COP(=O)(O)OC[C@H](N)C(=O)O)OC(=O)CCCCCCCCCCC. The molecule has 0 saturated carbocycles. The molecule has 0 amide bonds. The third-order valence-electron chi connectivity index (χ3n) is 8.64. The maximum Gasteiger partial charge on any atom is 0.472 e. The number of hydrogen-bond acceptors (Lipinski definition) is 8. The summed E-state index contributed by atoms with van der Waals surface area (Å²) in [6, 6.07) is -1.48. The molecule has 290 valence electrons. The van der Waals surface area contributed by atoms with Crippen molar-refractivity contribution in [2.75, 3.05) is 19.8 Å². The highest BCUT2D eigenvalue weighted by atomic mass is 31.2. The number of aliphatic carboxylic acids is 1. The van der Waals surface area contributed by atoms with Crippen LogP contribution in [0.15, 0.2) is 12.3 Å². The van der Waals surface area contributed by atoms with Crippen LogP contribution in [0.3, 0.4) is 0 Å². The van der Waals surface area contributed by atoms with E-state index in [0.29, 0.717) is 6.42 Å². The first-order chi connectivity index (χ1) is 23.7. The number of phosphoric ester groups is 1. The molecule has 0 aliphatic carbocycles. The summed E-state index contributed by atoms with van der Waals surface area (Å²) >= 11 is 0. The summed E-state index contributed by atoms with van der Waals surface area (Å²) < 4.78 is 32.9. The Morgan fingerprint density at radius 2 is 1.04 bits per heavy atom. The van der Waals surface area contributed by atoms with E-state index in [2.05, 4.69) is 18.4 Å². The molecule has 0 spiro atoms. The molecule has 10 nitrogen and oxygen atoms in total. The van der Waals surface area contributed by atoms with E-state index in [1.54, 1.807) is 6.26 Å². The number of hydrogen-bond donors (Lipinski definition) is 3. The molecule has 0 fully saturated rings. The molecular formula is C38H74NO9P. The van der Waals surface area contributed by atoms with Gasteiger partial charge in [0, 0.05) is 6.42 Å². The summed E-state index contributed by atoms with van der Waals surface area (Å²) in [6.45, 7) is 3.25. The van der Waals surface area contributed by atoms with Crippen LogP contribution in [0.25, 0.3) is 0 Å². The first-order valence-electron chi connectivity index (χ1n) is 19.8. The van der Waals surface area contributed by atoms with Crippen LogP contribution in [-0.4, -0.2) is 53.9 Å². The predicted octanol–water partition coefficient (Wildman–Crippen LogP) is 10.5. The lowest BCUT2D eigenvalue weighted by molar-refractivity contribution is -0.153. The maximum atomic E-state index is 12.5. The number of carboxylic acids is 1. The number of allylic oxidation sites excluding steroid dienone is 1. The van der Waals surface area contributed by atoms with E-state index in [9.17, 15) is 19.0 Å². The standard InChI is InChI=1S/C38H74NO9P/c1-3-5-7-9-11-13-14-15-16-17-18-19-20-21-23-25-27-29-31-45-32-35(33-46-49(43,44)47-34-36(39)38(41)42)48-37(40)30-28-26-24-22-12-10-8-6-4-2/h29,31,35-36H,3-28,30,32-34,39H2,1-2H3,(H,41,42)(H,43,44)/b31-29-/t35-,36+/m1/s1. The molecule has 0 radical (unpaired) electrons. The molecule has 4 N–H and O–H groups in total. The van der Waals surface area contributed by atoms with Crippen LogP contribution in [0.4, 0.5) is 0 Å². The molecule has 3 atom stereocenters. The summed E-state index contributed by atoms with van der Waals surface area (Å²) in [5, 5.41) is 8.85. The minimum Gasteiger partial charge on any atom is -0.498 e. The zero-order valence-electron chi connectivity index (χ0n) is 31.3. The number of phosphoric acid groups is 1. The third kappa shape index (κ3) is 34.8. The first kappa shape index (κ1) is 47.5. The summed E-state index contributed by atoms with van der Waals surface area (Å²) in [5.74, 6) is -1.80. The fourth-order valence-corrected chi connectivity index (χ4v) is 6.29. The Balaban J connectivity index is 4.23. The van der Waals surface area contributed by atoms with Crippen molar-refractivity contribution in [1.29, 1.82) is 0 Å². The highest BCUT2D eigenvalue weighted by Crippen LogP contribution is 2.43. The van der Waals surface area contributed by atoms with Gasteiger partial charge < -0.3 is 25.2 Å². The van der Waals surface area contributed by atoms with Gasteiger partial charge in [-0.25, -0.2) is 4.57 Å². The molecule has 0 saturated heterocycles. The van der Waals surface area contributed by atoms with E-state index >= 15 is 0 Å². The van der Waals surface area contributed by atoms with E-state index in [0.717, 1.165) is 32.1 Å². The van der Waals surface area contributed by atoms with Crippen LogP contribution in [0, 0.1) is 0 Å². The van der Waals surface area contributed by atoms with Crippen molar-refractivity contribution < 1.29 is 42.7 Å². The Morgan fingerprint density at radius 3 is 1.49 bits per heavy atom. The number of ether oxygens (including phenoxy) is 2. The average Bonchev–Trinajstić information content (AvgIpc) is 3.07. The molecule has 0 aromatic heterocycles. The van der Waals surface area contributed by atoms with Gasteiger partial charge in [-0.1, -0.05) is 162 Å². The molecule has 0 aliphatic rings.